The smallest absolute Gasteiger partial charge is 0.410 e. The highest BCUT2D eigenvalue weighted by atomic mass is 31.2. The van der Waals surface area contributed by atoms with E-state index in [2.05, 4.69) is 0 Å². The number of hydrogen-bond acceptors (Lipinski definition) is 4. The summed E-state index contributed by atoms with van der Waals surface area (Å²) in [5, 5.41) is 3.32. The van der Waals surface area contributed by atoms with E-state index in [9.17, 15) is 9.36 Å². The number of carbonyl (C=O) groups excluding carboxylic acids is 1. The van der Waals surface area contributed by atoms with Gasteiger partial charge in [-0.05, 0) is 22.9 Å². The van der Waals surface area contributed by atoms with Crippen molar-refractivity contribution in [3.05, 3.63) is 121 Å². The van der Waals surface area contributed by atoms with Crippen LogP contribution in [0.5, 0.6) is 11.5 Å². The van der Waals surface area contributed by atoms with Gasteiger partial charge in [0.15, 0.2) is 0 Å². The maximum atomic E-state index is 14.1. The zero-order chi connectivity index (χ0) is 22.0. The third-order valence-electron chi connectivity index (χ3n) is 5.21. The molecule has 0 aliphatic heterocycles. The molecule has 5 aromatic carbocycles. The number of carbonyl (C=O) groups is 1. The van der Waals surface area contributed by atoms with Crippen LogP contribution in [0.25, 0.3) is 21.5 Å². The lowest BCUT2D eigenvalue weighted by molar-refractivity contribution is 0.104. The van der Waals surface area contributed by atoms with E-state index in [0.29, 0.717) is 11.5 Å². The topological polar surface area (TPSA) is 52.6 Å². The van der Waals surface area contributed by atoms with Gasteiger partial charge in [0.05, 0.1) is 0 Å². The summed E-state index contributed by atoms with van der Waals surface area (Å²) in [7, 11) is -4.32. The minimum Gasteiger partial charge on any atom is -0.410 e. The van der Waals surface area contributed by atoms with E-state index < -0.39 is 13.1 Å². The van der Waals surface area contributed by atoms with Crippen molar-refractivity contribution in [2.45, 2.75) is 0 Å². The van der Waals surface area contributed by atoms with Crippen LogP contribution < -0.4 is 9.05 Å². The van der Waals surface area contributed by atoms with Crippen LogP contribution in [0, 0.1) is 0 Å². The van der Waals surface area contributed by atoms with Crippen LogP contribution in [-0.2, 0) is 4.57 Å². The zero-order valence-corrected chi connectivity index (χ0v) is 17.9. The number of hydrogen-bond donors (Lipinski definition) is 0. The molecule has 0 bridgehead atoms. The first kappa shape index (κ1) is 20.0. The van der Waals surface area contributed by atoms with Crippen molar-refractivity contribution in [2.24, 2.45) is 0 Å². The molecule has 5 rings (SSSR count). The minimum atomic E-state index is -4.32. The Balaban J connectivity index is 1.63. The minimum absolute atomic E-state index is 0.260. The average molecular weight is 438 g/mol. The Morgan fingerprint density at radius 3 is 1.50 bits per heavy atom. The Labute approximate surface area is 185 Å². The van der Waals surface area contributed by atoms with Crippen LogP contribution in [0.1, 0.15) is 10.4 Å². The van der Waals surface area contributed by atoms with Crippen molar-refractivity contribution in [3.63, 3.8) is 0 Å². The van der Waals surface area contributed by atoms with Crippen molar-refractivity contribution < 1.29 is 18.4 Å². The summed E-state index contributed by atoms with van der Waals surface area (Å²) in [6, 6.07) is 34.4. The van der Waals surface area contributed by atoms with Crippen molar-refractivity contribution in [1.82, 2.24) is 0 Å². The van der Waals surface area contributed by atoms with Crippen molar-refractivity contribution in [2.75, 3.05) is 0 Å². The van der Waals surface area contributed by atoms with Crippen LogP contribution in [0.4, 0.5) is 0 Å². The SMILES string of the molecule is O=C(c1ccccc1)P(=O)(Oc1cccc2ccccc12)Oc1cccc2ccccc12. The summed E-state index contributed by atoms with van der Waals surface area (Å²) in [5.41, 5.74) is -0.435. The average Bonchev–Trinajstić information content (AvgIpc) is 2.84. The molecule has 0 amide bonds. The molecule has 0 spiro atoms. The number of fused-ring (bicyclic) bond motifs is 2. The fourth-order valence-electron chi connectivity index (χ4n) is 3.65. The van der Waals surface area contributed by atoms with E-state index in [1.54, 1.807) is 54.6 Å². The fourth-order valence-corrected chi connectivity index (χ4v) is 5.15. The van der Waals surface area contributed by atoms with Gasteiger partial charge in [0, 0.05) is 16.3 Å². The molecule has 0 radical (unpaired) electrons. The van der Waals surface area contributed by atoms with Crippen LogP contribution in [0.2, 0.25) is 0 Å². The lowest BCUT2D eigenvalue weighted by Gasteiger charge is -2.20. The van der Waals surface area contributed by atoms with E-state index in [1.165, 1.54) is 0 Å². The molecule has 0 atom stereocenters. The summed E-state index contributed by atoms with van der Waals surface area (Å²) < 4.78 is 26.1. The molecule has 32 heavy (non-hydrogen) atoms. The molecule has 156 valence electrons. The molecular formula is C27H19O4P. The van der Waals surface area contributed by atoms with Crippen molar-refractivity contribution >= 4 is 34.7 Å². The fraction of sp³-hybridized carbons (Fsp3) is 0. The molecular weight excluding hydrogens is 419 g/mol. The Kier molecular flexibility index (Phi) is 5.22. The van der Waals surface area contributed by atoms with Crippen LogP contribution in [-0.4, -0.2) is 5.52 Å². The van der Waals surface area contributed by atoms with E-state index >= 15 is 0 Å². The molecule has 0 fully saturated rings. The molecule has 0 aliphatic rings. The van der Waals surface area contributed by atoms with Gasteiger partial charge in [-0.25, -0.2) is 4.57 Å². The summed E-state index contributed by atoms with van der Waals surface area (Å²) in [6.07, 6.45) is 0. The maximum absolute atomic E-state index is 14.1. The van der Waals surface area contributed by atoms with Gasteiger partial charge >= 0.3 is 7.60 Å². The molecule has 0 heterocycles. The first-order valence-corrected chi connectivity index (χ1v) is 11.7. The van der Waals surface area contributed by atoms with E-state index in [4.69, 9.17) is 9.05 Å². The summed E-state index contributed by atoms with van der Waals surface area (Å²) >= 11 is 0. The maximum Gasteiger partial charge on any atom is 0.503 e. The second-order valence-electron chi connectivity index (χ2n) is 7.31. The molecule has 0 N–H and O–H groups in total. The quantitative estimate of drug-likeness (QED) is 0.258. The zero-order valence-electron chi connectivity index (χ0n) is 17.0. The lowest BCUT2D eigenvalue weighted by Crippen LogP contribution is -2.12. The van der Waals surface area contributed by atoms with E-state index in [-0.39, 0.29) is 5.56 Å². The monoisotopic (exact) mass is 438 g/mol. The third kappa shape index (κ3) is 3.77. The summed E-state index contributed by atoms with van der Waals surface area (Å²) in [5.74, 6) is 0.659. The molecule has 0 saturated heterocycles. The third-order valence-corrected chi connectivity index (χ3v) is 6.84. The van der Waals surface area contributed by atoms with Gasteiger partial charge in [0.1, 0.15) is 11.5 Å². The number of benzene rings is 5. The molecule has 0 aliphatic carbocycles. The van der Waals surface area contributed by atoms with Gasteiger partial charge in [-0.1, -0.05) is 103 Å². The molecule has 5 aromatic rings. The van der Waals surface area contributed by atoms with Gasteiger partial charge in [-0.15, -0.1) is 0 Å². The van der Waals surface area contributed by atoms with Crippen LogP contribution >= 0.6 is 7.60 Å². The summed E-state index contributed by atoms with van der Waals surface area (Å²) in [6.45, 7) is 0. The highest BCUT2D eigenvalue weighted by molar-refractivity contribution is 7.73. The second kappa shape index (κ2) is 8.33. The Morgan fingerprint density at radius 1 is 0.531 bits per heavy atom. The predicted octanol–water partition coefficient (Wildman–Crippen LogP) is 7.48. The first-order valence-electron chi connectivity index (χ1n) is 10.2. The van der Waals surface area contributed by atoms with Crippen LogP contribution in [0.3, 0.4) is 0 Å². The van der Waals surface area contributed by atoms with Gasteiger partial charge in [-0.3, -0.25) is 4.79 Å². The molecule has 0 unspecified atom stereocenters. The second-order valence-corrected chi connectivity index (χ2v) is 9.07. The van der Waals surface area contributed by atoms with Gasteiger partial charge in [-0.2, -0.15) is 0 Å². The largest absolute Gasteiger partial charge is 0.503 e. The highest BCUT2D eigenvalue weighted by Gasteiger charge is 2.40. The molecule has 0 aromatic heterocycles. The Morgan fingerprint density at radius 2 is 0.969 bits per heavy atom. The first-order chi connectivity index (χ1) is 15.6. The Bertz CT molecular complexity index is 1380. The predicted molar refractivity (Wildman–Crippen MR) is 128 cm³/mol. The normalized spacial score (nSPS) is 11.4. The van der Waals surface area contributed by atoms with E-state index in [1.807, 2.05) is 60.7 Å². The molecule has 0 saturated carbocycles. The standard InChI is InChI=1S/C27H19O4P/c28-27(22-12-2-1-3-13-22)32(29,30-25-18-8-14-20-10-4-6-16-23(20)25)31-26-19-9-15-21-11-5-7-17-24(21)26/h1-19H. The molecule has 4 nitrogen and oxygen atoms in total. The lowest BCUT2D eigenvalue weighted by atomic mass is 10.1. The van der Waals surface area contributed by atoms with Crippen molar-refractivity contribution in [1.29, 1.82) is 0 Å². The van der Waals surface area contributed by atoms with Gasteiger partial charge in [0.25, 0.3) is 5.52 Å². The van der Waals surface area contributed by atoms with Gasteiger partial charge < -0.3 is 9.05 Å². The van der Waals surface area contributed by atoms with Crippen LogP contribution in [0.15, 0.2) is 115 Å². The summed E-state index contributed by atoms with van der Waals surface area (Å²) in [4.78, 5) is 13.4. The Hall–Kier alpha value is -3.88. The van der Waals surface area contributed by atoms with Crippen molar-refractivity contribution in [3.8, 4) is 11.5 Å². The molecule has 5 heteroatoms. The highest BCUT2D eigenvalue weighted by Crippen LogP contribution is 2.53. The number of rotatable bonds is 6. The van der Waals surface area contributed by atoms with Gasteiger partial charge in [0.2, 0.25) is 0 Å². The van der Waals surface area contributed by atoms with E-state index in [0.717, 1.165) is 21.5 Å².